The maximum Gasteiger partial charge on any atom is 0.356 e. The maximum atomic E-state index is 11.9. The van der Waals surface area contributed by atoms with Crippen molar-refractivity contribution in [2.24, 2.45) is 0 Å². The van der Waals surface area contributed by atoms with E-state index in [1.165, 1.54) is 6.20 Å². The van der Waals surface area contributed by atoms with Gasteiger partial charge in [0.2, 0.25) is 0 Å². The van der Waals surface area contributed by atoms with E-state index < -0.39 is 11.6 Å². The highest BCUT2D eigenvalue weighted by atomic mass is 16.6. The third-order valence-electron chi connectivity index (χ3n) is 3.09. The molecule has 0 unspecified atom stereocenters. The van der Waals surface area contributed by atoms with Crippen LogP contribution in [0.1, 0.15) is 50.2 Å². The number of nitrogens with zero attached hydrogens (tertiary/aromatic N) is 2. The van der Waals surface area contributed by atoms with Crippen LogP contribution in [0.25, 0.3) is 5.65 Å². The van der Waals surface area contributed by atoms with Gasteiger partial charge in [-0.2, -0.15) is 0 Å². The van der Waals surface area contributed by atoms with Crippen LogP contribution >= 0.6 is 0 Å². The van der Waals surface area contributed by atoms with E-state index in [1.807, 2.05) is 32.9 Å². The number of fused-ring (bicyclic) bond motifs is 1. The molecule has 2 rings (SSSR count). The molecule has 0 amide bonds. The number of pyridine rings is 1. The van der Waals surface area contributed by atoms with Gasteiger partial charge in [0, 0.05) is 12.6 Å². The van der Waals surface area contributed by atoms with Gasteiger partial charge in [0.1, 0.15) is 11.2 Å². The minimum Gasteiger partial charge on any atom is -0.461 e. The molecule has 0 saturated heterocycles. The second kappa shape index (κ2) is 6.81. The summed E-state index contributed by atoms with van der Waals surface area (Å²) in [5.74, 6) is -0.655. The van der Waals surface area contributed by atoms with Crippen LogP contribution in [0.15, 0.2) is 24.5 Å². The average Bonchev–Trinajstić information content (AvgIpc) is 2.86. The van der Waals surface area contributed by atoms with Crippen LogP contribution in [0.5, 0.6) is 0 Å². The van der Waals surface area contributed by atoms with Gasteiger partial charge >= 0.3 is 11.9 Å². The summed E-state index contributed by atoms with van der Waals surface area (Å²) in [5.41, 5.74) is 1.48. The molecule has 0 aliphatic rings. The van der Waals surface area contributed by atoms with E-state index in [-0.39, 0.29) is 12.4 Å². The number of imidazole rings is 1. The summed E-state index contributed by atoms with van der Waals surface area (Å²) in [6.07, 6.45) is 4.11. The Morgan fingerprint density at radius 1 is 1.26 bits per heavy atom. The fraction of sp³-hybridized carbons (Fsp3) is 0.471. The van der Waals surface area contributed by atoms with Crippen LogP contribution in [-0.4, -0.2) is 33.5 Å². The smallest absolute Gasteiger partial charge is 0.356 e. The number of rotatable bonds is 5. The predicted molar refractivity (Wildman–Crippen MR) is 85.3 cm³/mol. The Labute approximate surface area is 135 Å². The van der Waals surface area contributed by atoms with Gasteiger partial charge in [0.25, 0.3) is 0 Å². The molecule has 2 heterocycles. The van der Waals surface area contributed by atoms with E-state index in [4.69, 9.17) is 9.47 Å². The zero-order chi connectivity index (χ0) is 17.0. The molecule has 23 heavy (non-hydrogen) atoms. The third kappa shape index (κ3) is 4.55. The predicted octanol–water partition coefficient (Wildman–Crippen LogP) is 2.79. The van der Waals surface area contributed by atoms with Gasteiger partial charge in [-0.1, -0.05) is 6.07 Å². The zero-order valence-electron chi connectivity index (χ0n) is 14.0. The van der Waals surface area contributed by atoms with Crippen molar-refractivity contribution in [2.75, 3.05) is 6.61 Å². The van der Waals surface area contributed by atoms with E-state index >= 15 is 0 Å². The van der Waals surface area contributed by atoms with Crippen molar-refractivity contribution >= 4 is 17.6 Å². The lowest BCUT2D eigenvalue weighted by atomic mass is 10.1. The number of hydrogen-bond donors (Lipinski definition) is 0. The van der Waals surface area contributed by atoms with E-state index in [0.29, 0.717) is 24.4 Å². The molecule has 0 radical (unpaired) electrons. The van der Waals surface area contributed by atoms with Gasteiger partial charge in [-0.3, -0.25) is 9.20 Å². The Bertz CT molecular complexity index is 713. The van der Waals surface area contributed by atoms with E-state index in [2.05, 4.69) is 4.98 Å². The van der Waals surface area contributed by atoms with Gasteiger partial charge in [0.15, 0.2) is 5.69 Å². The van der Waals surface area contributed by atoms with Crippen molar-refractivity contribution in [3.05, 3.63) is 35.8 Å². The van der Waals surface area contributed by atoms with Crippen molar-refractivity contribution in [1.29, 1.82) is 0 Å². The topological polar surface area (TPSA) is 69.9 Å². The standard InChI is InChI=1S/C17H22N2O4/c1-5-22-16(21)13-10-18-14-8-6-12(11-19(13)14)7-9-15(20)23-17(2,3)4/h6,8,10-11H,5,7,9H2,1-4H3. The Kier molecular flexibility index (Phi) is 5.03. The van der Waals surface area contributed by atoms with Gasteiger partial charge < -0.3 is 9.47 Å². The molecule has 124 valence electrons. The molecule has 0 N–H and O–H groups in total. The highest BCUT2D eigenvalue weighted by Gasteiger charge is 2.17. The number of aryl methyl sites for hydroxylation is 1. The van der Waals surface area contributed by atoms with E-state index in [0.717, 1.165) is 5.56 Å². The molecule has 2 aromatic heterocycles. The molecule has 0 aromatic carbocycles. The van der Waals surface area contributed by atoms with Crippen LogP contribution < -0.4 is 0 Å². The molecule has 0 saturated carbocycles. The Morgan fingerprint density at radius 3 is 2.65 bits per heavy atom. The first-order valence-corrected chi connectivity index (χ1v) is 7.65. The second-order valence-electron chi connectivity index (χ2n) is 6.22. The van der Waals surface area contributed by atoms with E-state index in [1.54, 1.807) is 17.5 Å². The zero-order valence-corrected chi connectivity index (χ0v) is 14.0. The summed E-state index contributed by atoms with van der Waals surface area (Å²) in [6.45, 7) is 7.59. The molecule has 6 nitrogen and oxygen atoms in total. The lowest BCUT2D eigenvalue weighted by Gasteiger charge is -2.19. The number of aromatic nitrogens is 2. The Hall–Kier alpha value is -2.37. The quantitative estimate of drug-likeness (QED) is 0.793. The summed E-state index contributed by atoms with van der Waals surface area (Å²) in [5, 5.41) is 0. The monoisotopic (exact) mass is 318 g/mol. The number of hydrogen-bond acceptors (Lipinski definition) is 5. The summed E-state index contributed by atoms with van der Waals surface area (Å²) >= 11 is 0. The molecule has 0 aliphatic carbocycles. The van der Waals surface area contributed by atoms with Crippen LogP contribution in [0.4, 0.5) is 0 Å². The molecule has 6 heteroatoms. The summed E-state index contributed by atoms with van der Waals surface area (Å²) in [6, 6.07) is 3.70. The largest absolute Gasteiger partial charge is 0.461 e. The molecule has 0 bridgehead atoms. The average molecular weight is 318 g/mol. The van der Waals surface area contributed by atoms with Gasteiger partial charge in [-0.25, -0.2) is 9.78 Å². The van der Waals surface area contributed by atoms with Crippen molar-refractivity contribution < 1.29 is 19.1 Å². The van der Waals surface area contributed by atoms with E-state index in [9.17, 15) is 9.59 Å². The highest BCUT2D eigenvalue weighted by Crippen LogP contribution is 2.14. The maximum absolute atomic E-state index is 11.9. The first-order valence-electron chi connectivity index (χ1n) is 7.65. The number of esters is 2. The molecule has 0 spiro atoms. The third-order valence-corrected chi connectivity index (χ3v) is 3.09. The molecule has 0 atom stereocenters. The normalized spacial score (nSPS) is 11.5. The fourth-order valence-corrected chi connectivity index (χ4v) is 2.17. The van der Waals surface area contributed by atoms with Crippen molar-refractivity contribution in [2.45, 2.75) is 46.1 Å². The molecule has 0 fully saturated rings. The number of carbonyl (C=O) groups is 2. The lowest BCUT2D eigenvalue weighted by Crippen LogP contribution is -2.24. The Balaban J connectivity index is 2.12. The minimum absolute atomic E-state index is 0.242. The number of ether oxygens (including phenoxy) is 2. The van der Waals surface area contributed by atoms with Crippen molar-refractivity contribution in [3.63, 3.8) is 0 Å². The molecular formula is C17H22N2O4. The van der Waals surface area contributed by atoms with Crippen LogP contribution in [0.3, 0.4) is 0 Å². The van der Waals surface area contributed by atoms with Crippen LogP contribution in [-0.2, 0) is 20.7 Å². The van der Waals surface area contributed by atoms with Gasteiger partial charge in [-0.05, 0) is 45.7 Å². The van der Waals surface area contributed by atoms with Crippen LogP contribution in [0, 0.1) is 0 Å². The molecular weight excluding hydrogens is 296 g/mol. The fourth-order valence-electron chi connectivity index (χ4n) is 2.17. The van der Waals surface area contributed by atoms with Crippen LogP contribution in [0.2, 0.25) is 0 Å². The first kappa shape index (κ1) is 17.0. The molecule has 0 aliphatic heterocycles. The van der Waals surface area contributed by atoms with Gasteiger partial charge in [-0.15, -0.1) is 0 Å². The van der Waals surface area contributed by atoms with Gasteiger partial charge in [0.05, 0.1) is 12.8 Å². The first-order chi connectivity index (χ1) is 10.8. The lowest BCUT2D eigenvalue weighted by molar-refractivity contribution is -0.154. The molecule has 2 aromatic rings. The van der Waals surface area contributed by atoms with Crippen molar-refractivity contribution in [3.8, 4) is 0 Å². The number of carbonyl (C=O) groups excluding carboxylic acids is 2. The minimum atomic E-state index is -0.484. The summed E-state index contributed by atoms with van der Waals surface area (Å²) in [7, 11) is 0. The Morgan fingerprint density at radius 2 is 2.00 bits per heavy atom. The highest BCUT2D eigenvalue weighted by molar-refractivity contribution is 5.88. The second-order valence-corrected chi connectivity index (χ2v) is 6.22. The SMILES string of the molecule is CCOC(=O)c1cnc2ccc(CCC(=O)OC(C)(C)C)cn12. The van der Waals surface area contributed by atoms with Crippen molar-refractivity contribution in [1.82, 2.24) is 9.38 Å². The summed E-state index contributed by atoms with van der Waals surface area (Å²) < 4.78 is 12.0. The summed E-state index contributed by atoms with van der Waals surface area (Å²) in [4.78, 5) is 27.9.